The van der Waals surface area contributed by atoms with Crippen molar-refractivity contribution in [2.24, 2.45) is 10.8 Å². The third-order valence-corrected chi connectivity index (χ3v) is 11.7. The number of pyridine rings is 1. The molecule has 7 rings (SSSR count). The van der Waals surface area contributed by atoms with Crippen LogP contribution in [-0.4, -0.2) is 20.4 Å². The molecule has 0 atom stereocenters. The minimum Gasteiger partial charge on any atom is -0.512 e. The Kier molecular flexibility index (Phi) is 10.6. The molecular formula is C42H43IrN2O2S-. The number of hydrogen-bond donors (Lipinski definition) is 1. The van der Waals surface area contributed by atoms with E-state index in [1.54, 1.807) is 0 Å². The van der Waals surface area contributed by atoms with E-state index in [0.29, 0.717) is 0 Å². The van der Waals surface area contributed by atoms with Crippen LogP contribution in [0.3, 0.4) is 0 Å². The van der Waals surface area contributed by atoms with Crippen LogP contribution in [0.1, 0.15) is 67.2 Å². The molecule has 48 heavy (non-hydrogen) atoms. The summed E-state index contributed by atoms with van der Waals surface area (Å²) >= 11 is 1.82. The Bertz CT molecular complexity index is 2260. The van der Waals surface area contributed by atoms with Crippen molar-refractivity contribution in [2.75, 3.05) is 0 Å². The van der Waals surface area contributed by atoms with E-state index < -0.39 is 0 Å². The van der Waals surface area contributed by atoms with Crippen molar-refractivity contribution < 1.29 is 30.0 Å². The van der Waals surface area contributed by atoms with Crippen molar-refractivity contribution in [3.8, 4) is 5.69 Å². The summed E-state index contributed by atoms with van der Waals surface area (Å²) < 4.78 is 4.84. The van der Waals surface area contributed by atoms with Crippen LogP contribution in [-0.2, 0) is 24.9 Å². The Balaban J connectivity index is 0.000000218. The molecule has 0 saturated carbocycles. The molecule has 249 valence electrons. The summed E-state index contributed by atoms with van der Waals surface area (Å²) in [5.74, 6) is 0.286. The van der Waals surface area contributed by atoms with Crippen LogP contribution < -0.4 is 0 Å². The summed E-state index contributed by atoms with van der Waals surface area (Å²) in [5.41, 5.74) is 4.01. The molecule has 0 amide bonds. The van der Waals surface area contributed by atoms with Gasteiger partial charge >= 0.3 is 0 Å². The van der Waals surface area contributed by atoms with Crippen LogP contribution in [0.15, 0.2) is 103 Å². The molecule has 0 bridgehead atoms. The van der Waals surface area contributed by atoms with Gasteiger partial charge < -0.3 is 14.7 Å². The minimum atomic E-state index is -0.337. The van der Waals surface area contributed by atoms with Crippen LogP contribution in [0, 0.1) is 16.9 Å². The average molecular weight is 832 g/mol. The van der Waals surface area contributed by atoms with Crippen LogP contribution in [0.5, 0.6) is 0 Å². The smallest absolute Gasteiger partial charge is 0.164 e. The average Bonchev–Trinajstić information content (AvgIpc) is 3.38. The number of ketones is 1. The first-order valence-electron chi connectivity index (χ1n) is 16.7. The maximum absolute atomic E-state index is 12.2. The summed E-state index contributed by atoms with van der Waals surface area (Å²) in [7, 11) is 0. The molecular weight excluding hydrogens is 789 g/mol. The number of aliphatic hydroxyl groups excluding tert-OH is 1. The number of rotatable bonds is 8. The number of aliphatic hydroxyl groups is 1. The minimum absolute atomic E-state index is 0. The second-order valence-corrected chi connectivity index (χ2v) is 14.0. The third-order valence-electron chi connectivity index (χ3n) is 10.5. The maximum Gasteiger partial charge on any atom is 0.164 e. The molecule has 4 aromatic carbocycles. The van der Waals surface area contributed by atoms with Gasteiger partial charge in [-0.05, 0) is 71.6 Å². The molecule has 0 spiro atoms. The van der Waals surface area contributed by atoms with E-state index in [4.69, 9.17) is 4.98 Å². The fourth-order valence-electron chi connectivity index (χ4n) is 6.35. The van der Waals surface area contributed by atoms with Crippen molar-refractivity contribution in [1.29, 1.82) is 0 Å². The van der Waals surface area contributed by atoms with Crippen LogP contribution in [0.2, 0.25) is 0 Å². The van der Waals surface area contributed by atoms with E-state index in [1.807, 2.05) is 65.1 Å². The van der Waals surface area contributed by atoms with E-state index in [2.05, 4.69) is 89.5 Å². The predicted octanol–water partition coefficient (Wildman–Crippen LogP) is 12.1. The summed E-state index contributed by atoms with van der Waals surface area (Å²) in [6.07, 6.45) is 6.74. The first-order valence-corrected chi connectivity index (χ1v) is 17.6. The number of carbonyl (C=O) groups is 1. The molecule has 7 aromatic rings. The standard InChI is InChI=1S/C27H15N2S.C15H28O2.Ir/c1-2-9-18(10-3-1)29-21-13-6-12-20-24(21)25-22(29)14-7-15-23(25)30-27-19-11-5-4-8-17(19)16-28-26(20)27;1-7-14(5,8-2)12(16)11-13(17)15(6,9-3)10-4;/h1-11,13-16H;11,16H,7-10H2,1-6H3;/q-1;;/b;12-11-;. The molecule has 4 nitrogen and oxygen atoms in total. The monoisotopic (exact) mass is 832 g/mol. The molecule has 0 unspecified atom stereocenters. The Hall–Kier alpha value is -3.83. The summed E-state index contributed by atoms with van der Waals surface area (Å²) in [5, 5.41) is 16.2. The fraction of sp³-hybridized carbons (Fsp3) is 0.286. The van der Waals surface area contributed by atoms with E-state index in [1.165, 1.54) is 53.7 Å². The second kappa shape index (κ2) is 14.3. The maximum atomic E-state index is 12.2. The van der Waals surface area contributed by atoms with Gasteiger partial charge in [0, 0.05) is 69.3 Å². The molecule has 0 aliphatic carbocycles. The first kappa shape index (κ1) is 35.5. The number of nitrogens with zero attached hydrogens (tertiary/aromatic N) is 2. The zero-order valence-corrected chi connectivity index (χ0v) is 31.8. The number of hydrogen-bond acceptors (Lipinski definition) is 4. The van der Waals surface area contributed by atoms with E-state index in [9.17, 15) is 9.90 Å². The number of para-hydroxylation sites is 1. The van der Waals surface area contributed by atoms with Gasteiger partial charge in [-0.2, -0.15) is 0 Å². The van der Waals surface area contributed by atoms with E-state index in [-0.39, 0.29) is 42.5 Å². The molecule has 0 aliphatic rings. The van der Waals surface area contributed by atoms with Crippen molar-refractivity contribution >= 4 is 70.0 Å². The van der Waals surface area contributed by atoms with Crippen LogP contribution in [0.4, 0.5) is 0 Å². The Morgan fingerprint density at radius 3 is 2.17 bits per heavy atom. The molecule has 0 fully saturated rings. The van der Waals surface area contributed by atoms with E-state index in [0.717, 1.165) is 36.6 Å². The Labute approximate surface area is 300 Å². The van der Waals surface area contributed by atoms with Crippen LogP contribution >= 0.6 is 11.3 Å². The van der Waals surface area contributed by atoms with Crippen LogP contribution in [0.25, 0.3) is 58.6 Å². The molecule has 3 heterocycles. The van der Waals surface area contributed by atoms with Gasteiger partial charge in [0.25, 0.3) is 0 Å². The van der Waals surface area contributed by atoms with Crippen molar-refractivity contribution in [1.82, 2.24) is 9.55 Å². The Morgan fingerprint density at radius 2 is 1.48 bits per heavy atom. The topological polar surface area (TPSA) is 55.1 Å². The van der Waals surface area contributed by atoms with Gasteiger partial charge in [0.1, 0.15) is 5.76 Å². The van der Waals surface area contributed by atoms with Gasteiger partial charge in [-0.25, -0.2) is 0 Å². The normalized spacial score (nSPS) is 12.4. The molecule has 1 radical (unpaired) electrons. The van der Waals surface area contributed by atoms with Gasteiger partial charge in [0.2, 0.25) is 0 Å². The summed E-state index contributed by atoms with van der Waals surface area (Å²) in [6.45, 7) is 12.1. The van der Waals surface area contributed by atoms with Crippen molar-refractivity contribution in [2.45, 2.75) is 67.2 Å². The molecule has 0 saturated heterocycles. The van der Waals surface area contributed by atoms with Crippen molar-refractivity contribution in [3.63, 3.8) is 0 Å². The fourth-order valence-corrected chi connectivity index (χ4v) is 7.57. The second-order valence-electron chi connectivity index (χ2n) is 13.0. The molecule has 1 N–H and O–H groups in total. The predicted molar refractivity (Wildman–Crippen MR) is 201 cm³/mol. The molecule has 0 aliphatic heterocycles. The molecule has 3 aromatic heterocycles. The zero-order chi connectivity index (χ0) is 33.3. The third kappa shape index (κ3) is 6.11. The van der Waals surface area contributed by atoms with Gasteiger partial charge in [-0.1, -0.05) is 95.5 Å². The van der Waals surface area contributed by atoms with Gasteiger partial charge in [-0.3, -0.25) is 4.79 Å². The summed E-state index contributed by atoms with van der Waals surface area (Å²) in [4.78, 5) is 17.1. The largest absolute Gasteiger partial charge is 0.512 e. The first-order chi connectivity index (χ1) is 22.7. The quantitative estimate of drug-likeness (QED) is 0.0943. The number of aromatic nitrogens is 2. The summed E-state index contributed by atoms with van der Waals surface area (Å²) in [6, 6.07) is 33.4. The number of carbonyl (C=O) groups excluding carboxylic acids is 1. The Morgan fingerprint density at radius 1 is 0.833 bits per heavy atom. The zero-order valence-electron chi connectivity index (χ0n) is 28.6. The number of benzene rings is 4. The SMILES string of the molecule is CCC(C)(CC)C(=O)/C=C(\O)C(C)(CC)CC.[Ir].[c-]1ccc2c3c1c1ncc4ccccc4c1sc1cccc(c13)n2-c1ccccc1. The van der Waals surface area contributed by atoms with E-state index >= 15 is 0 Å². The van der Waals surface area contributed by atoms with Gasteiger partial charge in [0.05, 0.1) is 0 Å². The van der Waals surface area contributed by atoms with Gasteiger partial charge in [-0.15, -0.1) is 34.9 Å². The molecule has 6 heteroatoms. The van der Waals surface area contributed by atoms with Crippen molar-refractivity contribution in [3.05, 3.63) is 109 Å². The van der Waals surface area contributed by atoms with Gasteiger partial charge in [0.15, 0.2) is 5.78 Å². The number of fused-ring (bicyclic) bond motifs is 4. The number of allylic oxidation sites excluding steroid dienone is 2.